The number of carbonyl (C=O) groups is 1. The van der Waals surface area contributed by atoms with Crippen LogP contribution >= 0.6 is 24.0 Å². The second-order valence-corrected chi connectivity index (χ2v) is 7.39. The van der Waals surface area contributed by atoms with Crippen LogP contribution in [0, 0.1) is 0 Å². The van der Waals surface area contributed by atoms with Gasteiger partial charge in [0.05, 0.1) is 20.8 Å². The van der Waals surface area contributed by atoms with Crippen molar-refractivity contribution in [3.8, 4) is 5.75 Å². The molecule has 1 fully saturated rings. The van der Waals surface area contributed by atoms with Crippen molar-refractivity contribution < 1.29 is 22.9 Å². The first-order valence-electron chi connectivity index (χ1n) is 5.74. The van der Waals surface area contributed by atoms with E-state index in [1.807, 2.05) is 0 Å². The lowest BCUT2D eigenvalue weighted by Gasteiger charge is -2.15. The number of thiocarbonyl (C=S) groups is 1. The second-order valence-electron chi connectivity index (χ2n) is 4.19. The normalized spacial score (nSPS) is 17.8. The van der Waals surface area contributed by atoms with Crippen LogP contribution in [0.1, 0.15) is 5.56 Å². The van der Waals surface area contributed by atoms with E-state index in [2.05, 4.69) is 0 Å². The topological polar surface area (TPSA) is 97.7 Å². The highest BCUT2D eigenvalue weighted by atomic mass is 32.2. The van der Waals surface area contributed by atoms with Gasteiger partial charge in [-0.15, -0.1) is 0 Å². The van der Waals surface area contributed by atoms with Gasteiger partial charge >= 0.3 is 0 Å². The molecular weight excluding hydrogens is 334 g/mol. The van der Waals surface area contributed by atoms with Crippen LogP contribution in [0.5, 0.6) is 5.75 Å². The smallest absolute Gasteiger partial charge is 0.266 e. The molecule has 0 unspecified atom stereocenters. The Morgan fingerprint density at radius 3 is 2.52 bits per heavy atom. The monoisotopic (exact) mass is 344 g/mol. The number of rotatable bonds is 4. The first kappa shape index (κ1) is 16.0. The number of aromatic hydroxyl groups is 1. The van der Waals surface area contributed by atoms with E-state index < -0.39 is 21.8 Å². The second kappa shape index (κ2) is 6.14. The summed E-state index contributed by atoms with van der Waals surface area (Å²) in [6, 6.07) is 6.22. The van der Waals surface area contributed by atoms with Crippen molar-refractivity contribution >= 4 is 50.4 Å². The van der Waals surface area contributed by atoms with E-state index >= 15 is 0 Å². The summed E-state index contributed by atoms with van der Waals surface area (Å²) < 4.78 is 32.1. The molecular formula is C12H10NO5S3-. The van der Waals surface area contributed by atoms with E-state index in [0.29, 0.717) is 10.5 Å². The van der Waals surface area contributed by atoms with Gasteiger partial charge in [-0.25, -0.2) is 8.42 Å². The lowest BCUT2D eigenvalue weighted by Crippen LogP contribution is -2.32. The first-order valence-corrected chi connectivity index (χ1v) is 8.54. The Hall–Kier alpha value is -1.42. The van der Waals surface area contributed by atoms with E-state index in [1.165, 1.54) is 12.1 Å². The Morgan fingerprint density at radius 1 is 1.33 bits per heavy atom. The molecule has 1 aromatic rings. The molecule has 1 saturated heterocycles. The summed E-state index contributed by atoms with van der Waals surface area (Å²) in [5, 5.41) is 9.19. The first-order chi connectivity index (χ1) is 9.76. The van der Waals surface area contributed by atoms with Crippen molar-refractivity contribution in [2.24, 2.45) is 0 Å². The standard InChI is InChI=1S/C12H11NO5S3/c14-9-3-1-8(2-4-9)7-10-11(15)13(12(19)20-10)5-6-21(16,17)18/h1-4,7,14H,5-6H2,(H,16,17,18)/p-1/b10-7-. The maximum Gasteiger partial charge on any atom is 0.266 e. The Morgan fingerprint density at radius 2 is 1.95 bits per heavy atom. The molecule has 21 heavy (non-hydrogen) atoms. The number of phenolic OH excluding ortho intramolecular Hbond substituents is 1. The van der Waals surface area contributed by atoms with Crippen LogP contribution in [0.4, 0.5) is 0 Å². The summed E-state index contributed by atoms with van der Waals surface area (Å²) in [5.74, 6) is -0.992. The molecule has 2 rings (SSSR count). The van der Waals surface area contributed by atoms with Crippen molar-refractivity contribution in [2.75, 3.05) is 12.3 Å². The summed E-state index contributed by atoms with van der Waals surface area (Å²) >= 11 is 6.05. The average Bonchev–Trinajstić information content (AvgIpc) is 2.64. The summed E-state index contributed by atoms with van der Waals surface area (Å²) in [5.41, 5.74) is 0.699. The fraction of sp³-hybridized carbons (Fsp3) is 0.167. The SMILES string of the molecule is O=C1/C(=C/c2ccc(O)cc2)SC(=S)N1CCS(=O)(=O)[O-]. The predicted molar refractivity (Wildman–Crippen MR) is 82.6 cm³/mol. The highest BCUT2D eigenvalue weighted by Gasteiger charge is 2.31. The number of thioether (sulfide) groups is 1. The van der Waals surface area contributed by atoms with Crippen LogP contribution < -0.4 is 0 Å². The zero-order valence-electron chi connectivity index (χ0n) is 10.6. The van der Waals surface area contributed by atoms with Crippen molar-refractivity contribution in [2.45, 2.75) is 0 Å². The van der Waals surface area contributed by atoms with Crippen molar-refractivity contribution in [3.63, 3.8) is 0 Å². The van der Waals surface area contributed by atoms with Crippen LogP contribution in [0.2, 0.25) is 0 Å². The highest BCUT2D eigenvalue weighted by Crippen LogP contribution is 2.32. The van der Waals surface area contributed by atoms with Crippen LogP contribution in [0.3, 0.4) is 0 Å². The van der Waals surface area contributed by atoms with Crippen LogP contribution in [-0.2, 0) is 14.9 Å². The van der Waals surface area contributed by atoms with Gasteiger partial charge in [-0.3, -0.25) is 9.69 Å². The van der Waals surface area contributed by atoms with Crippen LogP contribution in [0.15, 0.2) is 29.2 Å². The molecule has 0 spiro atoms. The van der Waals surface area contributed by atoms with E-state index in [0.717, 1.165) is 16.7 Å². The number of nitrogens with zero attached hydrogens (tertiary/aromatic N) is 1. The molecule has 9 heteroatoms. The summed E-state index contributed by atoms with van der Waals surface area (Å²) in [7, 11) is -4.40. The number of hydrogen-bond acceptors (Lipinski definition) is 7. The van der Waals surface area contributed by atoms with E-state index in [9.17, 15) is 22.9 Å². The highest BCUT2D eigenvalue weighted by molar-refractivity contribution is 8.26. The molecule has 1 aromatic carbocycles. The minimum absolute atomic E-state index is 0.111. The van der Waals surface area contributed by atoms with Gasteiger partial charge in [-0.1, -0.05) is 36.1 Å². The summed E-state index contributed by atoms with van der Waals surface area (Å²) in [6.45, 7) is -0.247. The maximum absolute atomic E-state index is 12.1. The van der Waals surface area contributed by atoms with Crippen molar-refractivity contribution in [1.82, 2.24) is 4.90 Å². The fourth-order valence-electron chi connectivity index (χ4n) is 1.62. The zero-order chi connectivity index (χ0) is 15.6. The summed E-state index contributed by atoms with van der Waals surface area (Å²) in [4.78, 5) is 13.5. The van der Waals surface area contributed by atoms with E-state index in [-0.39, 0.29) is 16.6 Å². The van der Waals surface area contributed by atoms with Crippen molar-refractivity contribution in [3.05, 3.63) is 34.7 Å². The van der Waals surface area contributed by atoms with E-state index in [4.69, 9.17) is 12.2 Å². The molecule has 6 nitrogen and oxygen atoms in total. The third-order valence-electron chi connectivity index (χ3n) is 2.63. The molecule has 0 bridgehead atoms. The van der Waals surface area contributed by atoms with Gasteiger partial charge in [-0.2, -0.15) is 0 Å². The maximum atomic E-state index is 12.1. The average molecular weight is 344 g/mol. The van der Waals surface area contributed by atoms with Crippen LogP contribution in [-0.4, -0.2) is 45.5 Å². The molecule has 1 aliphatic rings. The Kier molecular flexibility index (Phi) is 4.67. The lowest BCUT2D eigenvalue weighted by atomic mass is 10.2. The Balaban J connectivity index is 2.15. The molecule has 1 aliphatic heterocycles. The molecule has 0 atom stereocenters. The fourth-order valence-corrected chi connectivity index (χ4v) is 3.33. The quantitative estimate of drug-likeness (QED) is 0.497. The van der Waals surface area contributed by atoms with Gasteiger partial charge in [0.25, 0.3) is 5.91 Å². The molecule has 1 N–H and O–H groups in total. The largest absolute Gasteiger partial charge is 0.748 e. The molecule has 0 aromatic heterocycles. The molecule has 1 heterocycles. The van der Waals surface area contributed by atoms with E-state index in [1.54, 1.807) is 18.2 Å². The molecule has 0 saturated carbocycles. The predicted octanol–water partition coefficient (Wildman–Crippen LogP) is 1.14. The number of benzene rings is 1. The molecule has 0 aliphatic carbocycles. The number of hydrogen-bond donors (Lipinski definition) is 1. The minimum Gasteiger partial charge on any atom is -0.748 e. The van der Waals surface area contributed by atoms with Gasteiger partial charge in [0.1, 0.15) is 10.1 Å². The van der Waals surface area contributed by atoms with Gasteiger partial charge in [0.2, 0.25) is 0 Å². The Labute approximate surface area is 131 Å². The lowest BCUT2D eigenvalue weighted by molar-refractivity contribution is -0.121. The van der Waals surface area contributed by atoms with Crippen LogP contribution in [0.25, 0.3) is 6.08 Å². The van der Waals surface area contributed by atoms with Gasteiger partial charge in [-0.05, 0) is 23.8 Å². The molecule has 0 radical (unpaired) electrons. The summed E-state index contributed by atoms with van der Waals surface area (Å²) in [6.07, 6.45) is 1.59. The van der Waals surface area contributed by atoms with Gasteiger partial charge in [0.15, 0.2) is 0 Å². The Bertz CT molecular complexity index is 709. The van der Waals surface area contributed by atoms with Gasteiger partial charge < -0.3 is 9.66 Å². The zero-order valence-corrected chi connectivity index (χ0v) is 13.0. The third-order valence-corrected chi connectivity index (χ3v) is 4.69. The molecule has 112 valence electrons. The number of phenols is 1. The number of carbonyl (C=O) groups excluding carboxylic acids is 1. The third kappa shape index (κ3) is 4.27. The van der Waals surface area contributed by atoms with Gasteiger partial charge in [0, 0.05) is 6.54 Å². The minimum atomic E-state index is -4.40. The van der Waals surface area contributed by atoms with Crippen molar-refractivity contribution in [1.29, 1.82) is 0 Å². The number of amides is 1. The molecule has 1 amide bonds.